The van der Waals surface area contributed by atoms with Crippen molar-refractivity contribution in [3.63, 3.8) is 0 Å². The smallest absolute Gasteiger partial charge is 0.333 e. The van der Waals surface area contributed by atoms with E-state index in [4.69, 9.17) is 4.74 Å². The van der Waals surface area contributed by atoms with Crippen LogP contribution in [0.4, 0.5) is 0 Å². The lowest BCUT2D eigenvalue weighted by atomic mass is 9.63. The highest BCUT2D eigenvalue weighted by molar-refractivity contribution is 5.87. The van der Waals surface area contributed by atoms with E-state index in [1.54, 1.807) is 6.92 Å². The third-order valence-electron chi connectivity index (χ3n) is 5.63. The first-order valence-corrected chi connectivity index (χ1v) is 8.99. The van der Waals surface area contributed by atoms with E-state index in [0.29, 0.717) is 17.4 Å². The Morgan fingerprint density at radius 3 is 2.43 bits per heavy atom. The van der Waals surface area contributed by atoms with Gasteiger partial charge in [-0.15, -0.1) is 0 Å². The molecular weight excluding hydrogens is 260 g/mol. The lowest BCUT2D eigenvalue weighted by Crippen LogP contribution is -2.51. The molecule has 2 rings (SSSR count). The summed E-state index contributed by atoms with van der Waals surface area (Å²) in [4.78, 5) is 12.3. The van der Waals surface area contributed by atoms with E-state index in [1.165, 1.54) is 64.2 Å². The average Bonchev–Trinajstić information content (AvgIpc) is 2.50. The molecule has 2 heteroatoms. The molecule has 0 N–H and O–H groups in total. The summed E-state index contributed by atoms with van der Waals surface area (Å²) in [6, 6.07) is 0. The van der Waals surface area contributed by atoms with Gasteiger partial charge in [-0.05, 0) is 57.3 Å². The zero-order valence-corrected chi connectivity index (χ0v) is 14.0. The van der Waals surface area contributed by atoms with Crippen LogP contribution < -0.4 is 0 Å². The normalized spacial score (nSPS) is 30.9. The zero-order chi connectivity index (χ0) is 15.3. The van der Waals surface area contributed by atoms with Crippen molar-refractivity contribution < 1.29 is 9.53 Å². The van der Waals surface area contributed by atoms with Gasteiger partial charge in [0.2, 0.25) is 0 Å². The minimum absolute atomic E-state index is 0.163. The van der Waals surface area contributed by atoms with Crippen molar-refractivity contribution in [3.05, 3.63) is 12.2 Å². The summed E-state index contributed by atoms with van der Waals surface area (Å²) in [7, 11) is 0. The summed E-state index contributed by atoms with van der Waals surface area (Å²) in [5.41, 5.74) is 0.357. The molecule has 2 atom stereocenters. The molecular formula is C19H32O2. The van der Waals surface area contributed by atoms with Crippen LogP contribution in [0, 0.1) is 11.8 Å². The predicted molar refractivity (Wildman–Crippen MR) is 87.1 cm³/mol. The van der Waals surface area contributed by atoms with Crippen LogP contribution in [-0.4, -0.2) is 11.6 Å². The highest BCUT2D eigenvalue weighted by Crippen LogP contribution is 2.49. The lowest BCUT2D eigenvalue weighted by Gasteiger charge is -2.49. The first kappa shape index (κ1) is 16.6. The van der Waals surface area contributed by atoms with Crippen molar-refractivity contribution in [3.8, 4) is 0 Å². The van der Waals surface area contributed by atoms with Gasteiger partial charge in [-0.1, -0.05) is 45.6 Å². The van der Waals surface area contributed by atoms with Gasteiger partial charge in [-0.3, -0.25) is 0 Å². The Balaban J connectivity index is 2.25. The number of hydrogen-bond donors (Lipinski definition) is 0. The third-order valence-corrected chi connectivity index (χ3v) is 5.63. The number of rotatable bonds is 5. The van der Waals surface area contributed by atoms with Crippen LogP contribution in [0.25, 0.3) is 0 Å². The second kappa shape index (κ2) is 7.47. The Morgan fingerprint density at radius 1 is 1.14 bits per heavy atom. The second-order valence-electron chi connectivity index (χ2n) is 7.19. The van der Waals surface area contributed by atoms with E-state index < -0.39 is 0 Å². The summed E-state index contributed by atoms with van der Waals surface area (Å²) in [5, 5.41) is 0. The highest BCUT2D eigenvalue weighted by Gasteiger charge is 2.49. The van der Waals surface area contributed by atoms with Gasteiger partial charge in [0.25, 0.3) is 0 Å². The van der Waals surface area contributed by atoms with Gasteiger partial charge in [-0.2, -0.15) is 0 Å². The molecule has 0 aromatic rings. The van der Waals surface area contributed by atoms with E-state index in [-0.39, 0.29) is 11.6 Å². The molecule has 0 amide bonds. The maximum Gasteiger partial charge on any atom is 0.333 e. The topological polar surface area (TPSA) is 26.3 Å². The summed E-state index contributed by atoms with van der Waals surface area (Å²) in [6.45, 7) is 7.82. The van der Waals surface area contributed by atoms with Gasteiger partial charge in [-0.25, -0.2) is 4.79 Å². The van der Waals surface area contributed by atoms with Crippen molar-refractivity contribution in [2.75, 3.05) is 0 Å². The van der Waals surface area contributed by atoms with Crippen molar-refractivity contribution >= 4 is 5.97 Å². The standard InChI is InChI=1S/C19H32O2/c1-4-10-16-13-8-9-14-19(16,21-18(20)15(2)3)17-11-6-5-7-12-17/h16-17H,2,4-14H2,1,3H3. The summed E-state index contributed by atoms with van der Waals surface area (Å²) in [6.07, 6.45) is 13.6. The van der Waals surface area contributed by atoms with Crippen LogP contribution in [0.3, 0.4) is 0 Å². The van der Waals surface area contributed by atoms with Crippen LogP contribution in [0.5, 0.6) is 0 Å². The Hall–Kier alpha value is -0.790. The minimum atomic E-state index is -0.190. The number of carbonyl (C=O) groups is 1. The lowest BCUT2D eigenvalue weighted by molar-refractivity contribution is -0.180. The van der Waals surface area contributed by atoms with Gasteiger partial charge in [0.1, 0.15) is 5.60 Å². The average molecular weight is 292 g/mol. The number of esters is 1. The molecule has 2 nitrogen and oxygen atoms in total. The molecule has 21 heavy (non-hydrogen) atoms. The molecule has 2 unspecified atom stereocenters. The molecule has 0 aromatic heterocycles. The second-order valence-corrected chi connectivity index (χ2v) is 7.19. The highest BCUT2D eigenvalue weighted by atomic mass is 16.6. The SMILES string of the molecule is C=C(C)C(=O)OC1(C2CCCCC2)CCCCC1CCC. The van der Waals surface area contributed by atoms with Crippen LogP contribution in [0.2, 0.25) is 0 Å². The molecule has 0 heterocycles. The van der Waals surface area contributed by atoms with Crippen molar-refractivity contribution in [2.45, 2.75) is 90.1 Å². The van der Waals surface area contributed by atoms with Crippen molar-refractivity contribution in [1.29, 1.82) is 0 Å². The fraction of sp³-hybridized carbons (Fsp3) is 0.842. The minimum Gasteiger partial charge on any atom is -0.455 e. The molecule has 0 radical (unpaired) electrons. The number of carbonyl (C=O) groups excluding carboxylic acids is 1. The van der Waals surface area contributed by atoms with E-state index in [2.05, 4.69) is 13.5 Å². The molecule has 2 aliphatic carbocycles. The van der Waals surface area contributed by atoms with E-state index in [1.807, 2.05) is 0 Å². The zero-order valence-electron chi connectivity index (χ0n) is 14.0. The molecule has 0 aliphatic heterocycles. The van der Waals surface area contributed by atoms with E-state index >= 15 is 0 Å². The Kier molecular flexibility index (Phi) is 5.89. The van der Waals surface area contributed by atoms with Crippen LogP contribution in [-0.2, 0) is 9.53 Å². The van der Waals surface area contributed by atoms with Crippen molar-refractivity contribution in [2.24, 2.45) is 11.8 Å². The molecule has 0 saturated heterocycles. The van der Waals surface area contributed by atoms with Gasteiger partial charge < -0.3 is 4.74 Å². The number of ether oxygens (including phenoxy) is 1. The first-order chi connectivity index (χ1) is 10.1. The van der Waals surface area contributed by atoms with Gasteiger partial charge >= 0.3 is 5.97 Å². The summed E-state index contributed by atoms with van der Waals surface area (Å²) in [5.74, 6) is 0.970. The quantitative estimate of drug-likeness (QED) is 0.500. The molecule has 2 saturated carbocycles. The predicted octanol–water partition coefficient (Wildman–Crippen LogP) is 5.42. The molecule has 120 valence electrons. The monoisotopic (exact) mass is 292 g/mol. The van der Waals surface area contributed by atoms with Crippen molar-refractivity contribution in [1.82, 2.24) is 0 Å². The van der Waals surface area contributed by atoms with Gasteiger partial charge in [0.05, 0.1) is 0 Å². The van der Waals surface area contributed by atoms with E-state index in [9.17, 15) is 4.79 Å². The van der Waals surface area contributed by atoms with Crippen LogP contribution >= 0.6 is 0 Å². The maximum atomic E-state index is 12.3. The summed E-state index contributed by atoms with van der Waals surface area (Å²) >= 11 is 0. The molecule has 2 aliphatic rings. The van der Waals surface area contributed by atoms with Crippen LogP contribution in [0.1, 0.15) is 84.5 Å². The Labute approximate surface area is 130 Å². The molecule has 0 spiro atoms. The largest absolute Gasteiger partial charge is 0.455 e. The van der Waals surface area contributed by atoms with Crippen LogP contribution in [0.15, 0.2) is 12.2 Å². The Morgan fingerprint density at radius 2 is 1.81 bits per heavy atom. The first-order valence-electron chi connectivity index (χ1n) is 8.99. The third kappa shape index (κ3) is 3.70. The van der Waals surface area contributed by atoms with E-state index in [0.717, 1.165) is 6.42 Å². The summed E-state index contributed by atoms with van der Waals surface area (Å²) < 4.78 is 6.21. The fourth-order valence-corrected chi connectivity index (χ4v) is 4.58. The molecule has 0 aromatic carbocycles. The molecule has 2 fully saturated rings. The van der Waals surface area contributed by atoms with Gasteiger partial charge in [0.15, 0.2) is 0 Å². The molecule has 0 bridgehead atoms. The maximum absolute atomic E-state index is 12.3. The Bertz CT molecular complexity index is 353. The fourth-order valence-electron chi connectivity index (χ4n) is 4.58. The number of hydrogen-bond acceptors (Lipinski definition) is 2. The van der Waals surface area contributed by atoms with Gasteiger partial charge in [0, 0.05) is 5.57 Å².